The molecule has 0 atom stereocenters. The first-order valence-corrected chi connectivity index (χ1v) is 4.42. The molecule has 4 nitrogen and oxygen atoms in total. The van der Waals surface area contributed by atoms with Crippen molar-refractivity contribution in [2.45, 2.75) is 6.92 Å². The summed E-state index contributed by atoms with van der Waals surface area (Å²) >= 11 is 0. The van der Waals surface area contributed by atoms with Crippen molar-refractivity contribution in [1.29, 1.82) is 0 Å². The van der Waals surface area contributed by atoms with Gasteiger partial charge < -0.3 is 10.2 Å². The molecule has 2 rings (SSSR count). The highest BCUT2D eigenvalue weighted by molar-refractivity contribution is 5.98. The number of rotatable bonds is 1. The molecule has 0 radical (unpaired) electrons. The second-order valence-electron chi connectivity index (χ2n) is 3.28. The summed E-state index contributed by atoms with van der Waals surface area (Å²) in [6.45, 7) is 1.56. The second-order valence-corrected chi connectivity index (χ2v) is 3.28. The number of carbonyl (C=O) groups is 1. The molecule has 0 unspecified atom stereocenters. The van der Waals surface area contributed by atoms with Gasteiger partial charge in [0.05, 0.1) is 5.56 Å². The lowest BCUT2D eigenvalue weighted by molar-refractivity contribution is 0.0696. The van der Waals surface area contributed by atoms with Crippen LogP contribution in [0.4, 0.5) is 0 Å². The summed E-state index contributed by atoms with van der Waals surface area (Å²) in [6.07, 6.45) is 1.56. The van der Waals surface area contributed by atoms with Crippen LogP contribution in [0.2, 0.25) is 0 Å². The first-order valence-electron chi connectivity index (χ1n) is 4.42. The first kappa shape index (κ1) is 9.45. The van der Waals surface area contributed by atoms with Crippen LogP contribution < -0.4 is 0 Å². The average molecular weight is 203 g/mol. The van der Waals surface area contributed by atoms with Gasteiger partial charge >= 0.3 is 5.97 Å². The predicted molar refractivity (Wildman–Crippen MR) is 55.1 cm³/mol. The van der Waals surface area contributed by atoms with E-state index in [1.807, 2.05) is 0 Å². The van der Waals surface area contributed by atoms with Gasteiger partial charge in [-0.05, 0) is 19.1 Å². The van der Waals surface area contributed by atoms with Crippen LogP contribution in [0.3, 0.4) is 0 Å². The van der Waals surface area contributed by atoms with E-state index in [1.165, 1.54) is 6.07 Å². The van der Waals surface area contributed by atoms with Crippen molar-refractivity contribution in [3.05, 3.63) is 35.5 Å². The summed E-state index contributed by atoms with van der Waals surface area (Å²) in [5.41, 5.74) is 0.877. The summed E-state index contributed by atoms with van der Waals surface area (Å²) in [5.74, 6) is -1.11. The van der Waals surface area contributed by atoms with Crippen LogP contribution >= 0.6 is 0 Å². The number of phenolic OH excluding ortho intramolecular Hbond substituents is 1. The highest BCUT2D eigenvalue weighted by Gasteiger charge is 2.14. The molecule has 1 aromatic carbocycles. The molecule has 2 N–H and O–H groups in total. The molecule has 0 saturated carbocycles. The Labute approximate surface area is 85.8 Å². The van der Waals surface area contributed by atoms with Crippen LogP contribution in [0.15, 0.2) is 24.4 Å². The van der Waals surface area contributed by atoms with Crippen molar-refractivity contribution in [1.82, 2.24) is 4.98 Å². The Balaban J connectivity index is 2.88. The molecule has 0 spiro atoms. The zero-order valence-corrected chi connectivity index (χ0v) is 8.06. The molecular formula is C11H9NO3. The van der Waals surface area contributed by atoms with Gasteiger partial charge in [-0.15, -0.1) is 0 Å². The third kappa shape index (κ3) is 1.40. The van der Waals surface area contributed by atoms with Gasteiger partial charge in [0.1, 0.15) is 11.3 Å². The van der Waals surface area contributed by atoms with Gasteiger partial charge in [0, 0.05) is 17.1 Å². The molecular weight excluding hydrogens is 194 g/mol. The number of benzene rings is 1. The summed E-state index contributed by atoms with van der Waals surface area (Å²) in [6, 6.07) is 4.93. The van der Waals surface area contributed by atoms with Crippen molar-refractivity contribution < 1.29 is 15.0 Å². The van der Waals surface area contributed by atoms with Gasteiger partial charge in [-0.25, -0.2) is 4.79 Å². The molecule has 2 aromatic rings. The number of hydrogen-bond donors (Lipinski definition) is 2. The summed E-state index contributed by atoms with van der Waals surface area (Å²) in [7, 11) is 0. The zero-order chi connectivity index (χ0) is 11.0. The van der Waals surface area contributed by atoms with Gasteiger partial charge in [-0.3, -0.25) is 4.98 Å². The van der Waals surface area contributed by atoms with E-state index in [9.17, 15) is 9.90 Å². The zero-order valence-electron chi connectivity index (χ0n) is 8.06. The SMILES string of the molecule is Cc1c(C(=O)O)cc2cccnc2c1O. The fraction of sp³-hybridized carbons (Fsp3) is 0.0909. The van der Waals surface area contributed by atoms with Crippen molar-refractivity contribution in [2.75, 3.05) is 0 Å². The van der Waals surface area contributed by atoms with E-state index < -0.39 is 5.97 Å². The Morgan fingerprint density at radius 3 is 2.87 bits per heavy atom. The maximum atomic E-state index is 10.9. The van der Waals surface area contributed by atoms with Gasteiger partial charge in [0.15, 0.2) is 0 Å². The number of aromatic nitrogens is 1. The number of aromatic carboxylic acids is 1. The molecule has 1 heterocycles. The number of fused-ring (bicyclic) bond motifs is 1. The number of phenols is 1. The number of hydrogen-bond acceptors (Lipinski definition) is 3. The largest absolute Gasteiger partial charge is 0.505 e. The number of pyridine rings is 1. The minimum Gasteiger partial charge on any atom is -0.505 e. The molecule has 0 amide bonds. The standard InChI is InChI=1S/C11H9NO3/c1-6-8(11(14)15)5-7-3-2-4-12-9(7)10(6)13/h2-5,13H,1H3,(H,14,15). The molecule has 0 aliphatic carbocycles. The van der Waals surface area contributed by atoms with Crippen LogP contribution in [-0.4, -0.2) is 21.2 Å². The van der Waals surface area contributed by atoms with Gasteiger partial charge in [-0.1, -0.05) is 6.07 Å². The van der Waals surface area contributed by atoms with Crippen LogP contribution in [-0.2, 0) is 0 Å². The lowest BCUT2D eigenvalue weighted by Crippen LogP contribution is -2.00. The quantitative estimate of drug-likeness (QED) is 0.743. The Morgan fingerprint density at radius 1 is 1.47 bits per heavy atom. The first-order chi connectivity index (χ1) is 7.11. The summed E-state index contributed by atoms with van der Waals surface area (Å²) < 4.78 is 0. The van der Waals surface area contributed by atoms with E-state index in [0.717, 1.165) is 0 Å². The third-order valence-electron chi connectivity index (χ3n) is 2.35. The molecule has 76 valence electrons. The Bertz CT molecular complexity index is 549. The number of nitrogens with zero attached hydrogens (tertiary/aromatic N) is 1. The topological polar surface area (TPSA) is 70.4 Å². The van der Waals surface area contributed by atoms with E-state index in [2.05, 4.69) is 4.98 Å². The van der Waals surface area contributed by atoms with E-state index >= 15 is 0 Å². The lowest BCUT2D eigenvalue weighted by atomic mass is 10.0. The monoisotopic (exact) mass is 203 g/mol. The molecule has 0 aliphatic heterocycles. The molecule has 4 heteroatoms. The molecule has 0 saturated heterocycles. The van der Waals surface area contributed by atoms with E-state index in [-0.39, 0.29) is 11.3 Å². The molecule has 1 aromatic heterocycles. The molecule has 15 heavy (non-hydrogen) atoms. The van der Waals surface area contributed by atoms with Crippen LogP contribution in [0.5, 0.6) is 5.75 Å². The minimum atomic E-state index is -1.05. The Morgan fingerprint density at radius 2 is 2.20 bits per heavy atom. The maximum Gasteiger partial charge on any atom is 0.336 e. The molecule has 0 bridgehead atoms. The van der Waals surface area contributed by atoms with E-state index in [1.54, 1.807) is 25.3 Å². The Hall–Kier alpha value is -2.10. The number of aromatic hydroxyl groups is 1. The highest BCUT2D eigenvalue weighted by Crippen LogP contribution is 2.29. The van der Waals surface area contributed by atoms with Crippen molar-refractivity contribution in [2.24, 2.45) is 0 Å². The van der Waals surface area contributed by atoms with Crippen LogP contribution in [0.1, 0.15) is 15.9 Å². The summed E-state index contributed by atoms with van der Waals surface area (Å²) in [4.78, 5) is 14.9. The van der Waals surface area contributed by atoms with Gasteiger partial charge in [0.25, 0.3) is 0 Å². The van der Waals surface area contributed by atoms with Crippen molar-refractivity contribution in [3.8, 4) is 5.75 Å². The Kier molecular flexibility index (Phi) is 2.04. The number of carboxylic acid groups (broad SMARTS) is 1. The van der Waals surface area contributed by atoms with Crippen molar-refractivity contribution in [3.63, 3.8) is 0 Å². The fourth-order valence-corrected chi connectivity index (χ4v) is 1.52. The predicted octanol–water partition coefficient (Wildman–Crippen LogP) is 1.95. The lowest BCUT2D eigenvalue weighted by Gasteiger charge is -2.06. The molecule has 0 fully saturated rings. The molecule has 0 aliphatic rings. The third-order valence-corrected chi connectivity index (χ3v) is 2.35. The highest BCUT2D eigenvalue weighted by atomic mass is 16.4. The smallest absolute Gasteiger partial charge is 0.336 e. The minimum absolute atomic E-state index is 0.0644. The normalized spacial score (nSPS) is 10.5. The van der Waals surface area contributed by atoms with Gasteiger partial charge in [-0.2, -0.15) is 0 Å². The second kappa shape index (κ2) is 3.24. The van der Waals surface area contributed by atoms with Crippen LogP contribution in [0.25, 0.3) is 10.9 Å². The summed E-state index contributed by atoms with van der Waals surface area (Å²) in [5, 5.41) is 19.3. The fourth-order valence-electron chi connectivity index (χ4n) is 1.52. The maximum absolute atomic E-state index is 10.9. The van der Waals surface area contributed by atoms with E-state index in [0.29, 0.717) is 16.5 Å². The van der Waals surface area contributed by atoms with Crippen LogP contribution in [0, 0.1) is 6.92 Å². The van der Waals surface area contributed by atoms with Gasteiger partial charge in [0.2, 0.25) is 0 Å². The average Bonchev–Trinajstić information content (AvgIpc) is 2.23. The van der Waals surface area contributed by atoms with E-state index in [4.69, 9.17) is 5.11 Å². The number of carboxylic acids is 1. The van der Waals surface area contributed by atoms with Crippen molar-refractivity contribution >= 4 is 16.9 Å².